The molecule has 0 fully saturated rings. The Kier molecular flexibility index (Phi) is 2.43. The Morgan fingerprint density at radius 3 is 2.69 bits per heavy atom. The minimum Gasteiger partial charge on any atom is -0.388 e. The molecule has 2 aromatic heterocycles. The molecule has 0 aliphatic heterocycles. The molecule has 0 saturated carbocycles. The molecule has 9 heteroatoms. The summed E-state index contributed by atoms with van der Waals surface area (Å²) < 4.78 is 38.1. The van der Waals surface area contributed by atoms with E-state index < -0.39 is 18.5 Å². The highest BCUT2D eigenvalue weighted by atomic mass is 32.1. The quantitative estimate of drug-likeness (QED) is 0.749. The van der Waals surface area contributed by atoms with E-state index in [-0.39, 0.29) is 16.2 Å². The number of halogens is 3. The fourth-order valence-electron chi connectivity index (χ4n) is 1.14. The number of aromatic amines is 1. The molecule has 0 aromatic carbocycles. The van der Waals surface area contributed by atoms with Crippen LogP contribution >= 0.6 is 12.2 Å². The first-order valence-electron chi connectivity index (χ1n) is 4.08. The van der Waals surface area contributed by atoms with Crippen molar-refractivity contribution >= 4 is 18.0 Å². The first kappa shape index (κ1) is 11.0. The Bertz CT molecular complexity index is 587. The normalized spacial score (nSPS) is 12.2. The number of rotatable bonds is 1. The Morgan fingerprint density at radius 1 is 1.44 bits per heavy atom. The van der Waals surface area contributed by atoms with Gasteiger partial charge in [-0.05, 0) is 0 Å². The van der Waals surface area contributed by atoms with Crippen LogP contribution in [0, 0.1) is 4.64 Å². The predicted molar refractivity (Wildman–Crippen MR) is 49.1 cm³/mol. The van der Waals surface area contributed by atoms with Gasteiger partial charge in [-0.2, -0.15) is 18.2 Å². The summed E-state index contributed by atoms with van der Waals surface area (Å²) in [6.07, 6.45) is -4.57. The molecule has 16 heavy (non-hydrogen) atoms. The number of H-pyrrole nitrogens is 1. The molecule has 2 heterocycles. The number of aliphatic hydroxyl groups excluding tert-OH is 1. The molecule has 0 spiro atoms. The maximum atomic E-state index is 12.4. The smallest absolute Gasteiger partial charge is 0.388 e. The van der Waals surface area contributed by atoms with Gasteiger partial charge in [0, 0.05) is 6.07 Å². The molecule has 2 rings (SSSR count). The lowest BCUT2D eigenvalue weighted by atomic mass is 10.4. The van der Waals surface area contributed by atoms with Gasteiger partial charge >= 0.3 is 6.18 Å². The second-order valence-electron chi connectivity index (χ2n) is 2.94. The third-order valence-electron chi connectivity index (χ3n) is 1.82. The van der Waals surface area contributed by atoms with E-state index >= 15 is 0 Å². The van der Waals surface area contributed by atoms with Gasteiger partial charge in [0.05, 0.1) is 0 Å². The van der Waals surface area contributed by atoms with E-state index in [1.54, 1.807) is 0 Å². The average molecular weight is 250 g/mol. The van der Waals surface area contributed by atoms with Gasteiger partial charge in [0.15, 0.2) is 11.5 Å². The number of alkyl halides is 3. The molecule has 0 bridgehead atoms. The molecule has 0 radical (unpaired) electrons. The number of hydrogen-bond donors (Lipinski definition) is 2. The maximum Gasteiger partial charge on any atom is 0.433 e. The van der Waals surface area contributed by atoms with Gasteiger partial charge in [-0.25, -0.2) is 9.50 Å². The second-order valence-corrected chi connectivity index (χ2v) is 3.36. The maximum absolute atomic E-state index is 12.4. The highest BCUT2D eigenvalue weighted by molar-refractivity contribution is 7.71. The van der Waals surface area contributed by atoms with E-state index in [9.17, 15) is 13.2 Å². The van der Waals surface area contributed by atoms with Crippen molar-refractivity contribution in [3.8, 4) is 0 Å². The summed E-state index contributed by atoms with van der Waals surface area (Å²) >= 11 is 4.74. The molecule has 0 saturated heterocycles. The number of fused-ring (bicyclic) bond motifs is 1. The highest BCUT2D eigenvalue weighted by Crippen LogP contribution is 2.27. The topological polar surface area (TPSA) is 66.2 Å². The summed E-state index contributed by atoms with van der Waals surface area (Å²) in [4.78, 5) is 6.94. The fourth-order valence-corrected chi connectivity index (χ4v) is 1.38. The van der Waals surface area contributed by atoms with Crippen molar-refractivity contribution in [3.05, 3.63) is 22.2 Å². The van der Waals surface area contributed by atoms with Gasteiger partial charge in [-0.1, -0.05) is 12.2 Å². The number of aliphatic hydroxyl groups is 1. The lowest BCUT2D eigenvalue weighted by Crippen LogP contribution is -2.09. The van der Waals surface area contributed by atoms with Crippen LogP contribution in [0.5, 0.6) is 0 Å². The van der Waals surface area contributed by atoms with Crippen LogP contribution in [0.15, 0.2) is 6.07 Å². The minimum atomic E-state index is -4.57. The van der Waals surface area contributed by atoms with Gasteiger partial charge in [0.25, 0.3) is 5.78 Å². The van der Waals surface area contributed by atoms with Crippen LogP contribution in [-0.2, 0) is 12.8 Å². The third-order valence-corrected chi connectivity index (χ3v) is 2.12. The fraction of sp³-hybridized carbons (Fsp3) is 0.286. The lowest BCUT2D eigenvalue weighted by molar-refractivity contribution is -0.141. The molecule has 0 aliphatic carbocycles. The van der Waals surface area contributed by atoms with E-state index in [0.29, 0.717) is 0 Å². The molecule has 0 unspecified atom stereocenters. The summed E-state index contributed by atoms with van der Waals surface area (Å²) in [5, 5.41) is 11.3. The van der Waals surface area contributed by atoms with Gasteiger partial charge in [-0.3, -0.25) is 5.10 Å². The molecule has 86 valence electrons. The zero-order chi connectivity index (χ0) is 11.9. The molecular weight excluding hydrogens is 245 g/mol. The second kappa shape index (κ2) is 3.52. The molecule has 0 atom stereocenters. The zero-order valence-electron chi connectivity index (χ0n) is 7.62. The van der Waals surface area contributed by atoms with Crippen molar-refractivity contribution in [2.75, 3.05) is 0 Å². The number of nitrogens with zero attached hydrogens (tertiary/aromatic N) is 3. The molecule has 5 nitrogen and oxygen atoms in total. The first-order chi connectivity index (χ1) is 7.41. The van der Waals surface area contributed by atoms with Crippen LogP contribution in [0.25, 0.3) is 5.78 Å². The Balaban J connectivity index is 2.72. The largest absolute Gasteiger partial charge is 0.433 e. The summed E-state index contributed by atoms with van der Waals surface area (Å²) in [6, 6.07) is 0.724. The van der Waals surface area contributed by atoms with Crippen molar-refractivity contribution in [3.63, 3.8) is 0 Å². The predicted octanol–water partition coefficient (Wildman–Crippen LogP) is 1.30. The standard InChI is InChI=1S/C7H5F3N4OS/c8-7(9,10)3-1-5(16)14-6(11-3)12-4(2-15)13-14/h1,15H,2H2,(H,11,12,13). The summed E-state index contributed by atoms with van der Waals surface area (Å²) in [5.41, 5.74) is -1.10. The van der Waals surface area contributed by atoms with Gasteiger partial charge in [0.1, 0.15) is 11.2 Å². The van der Waals surface area contributed by atoms with Crippen LogP contribution in [0.1, 0.15) is 11.5 Å². The number of aromatic nitrogens is 4. The monoisotopic (exact) mass is 250 g/mol. The van der Waals surface area contributed by atoms with Gasteiger partial charge in [0.2, 0.25) is 0 Å². The Hall–Kier alpha value is -1.48. The van der Waals surface area contributed by atoms with E-state index in [1.165, 1.54) is 0 Å². The van der Waals surface area contributed by atoms with E-state index in [1.807, 2.05) is 0 Å². The van der Waals surface area contributed by atoms with E-state index in [0.717, 1.165) is 10.6 Å². The SMILES string of the molecule is OCc1nc2nc(C(F)(F)F)cc(=S)n2[nH]1. The lowest BCUT2D eigenvalue weighted by Gasteiger charge is -2.04. The van der Waals surface area contributed by atoms with Crippen LogP contribution < -0.4 is 0 Å². The molecule has 2 N–H and O–H groups in total. The summed E-state index contributed by atoms with van der Waals surface area (Å²) in [6.45, 7) is -0.431. The van der Waals surface area contributed by atoms with E-state index in [4.69, 9.17) is 17.3 Å². The Labute approximate surface area is 91.6 Å². The molecule has 0 amide bonds. The number of nitrogens with one attached hydrogen (secondary N) is 1. The van der Waals surface area contributed by atoms with Crippen molar-refractivity contribution in [2.24, 2.45) is 0 Å². The van der Waals surface area contributed by atoms with Crippen molar-refractivity contribution in [1.29, 1.82) is 0 Å². The van der Waals surface area contributed by atoms with Crippen LogP contribution in [0.2, 0.25) is 0 Å². The molecular formula is C7H5F3N4OS. The van der Waals surface area contributed by atoms with Gasteiger partial charge in [-0.15, -0.1) is 0 Å². The molecule has 2 aromatic rings. The first-order valence-corrected chi connectivity index (χ1v) is 4.49. The summed E-state index contributed by atoms with van der Waals surface area (Å²) in [7, 11) is 0. The van der Waals surface area contributed by atoms with Crippen LogP contribution in [0.4, 0.5) is 13.2 Å². The van der Waals surface area contributed by atoms with Crippen molar-refractivity contribution < 1.29 is 18.3 Å². The van der Waals surface area contributed by atoms with Crippen LogP contribution in [0.3, 0.4) is 0 Å². The van der Waals surface area contributed by atoms with Crippen molar-refractivity contribution in [2.45, 2.75) is 12.8 Å². The zero-order valence-corrected chi connectivity index (χ0v) is 8.43. The van der Waals surface area contributed by atoms with Gasteiger partial charge < -0.3 is 5.11 Å². The van der Waals surface area contributed by atoms with Crippen molar-refractivity contribution in [1.82, 2.24) is 19.6 Å². The summed E-state index contributed by atoms with van der Waals surface area (Å²) in [5.74, 6) is -0.123. The van der Waals surface area contributed by atoms with E-state index in [2.05, 4.69) is 15.1 Å². The van der Waals surface area contributed by atoms with Crippen LogP contribution in [-0.4, -0.2) is 24.7 Å². The number of hydrogen-bond acceptors (Lipinski definition) is 4. The minimum absolute atomic E-state index is 0.0953. The highest BCUT2D eigenvalue weighted by Gasteiger charge is 2.33. The molecule has 0 aliphatic rings. The average Bonchev–Trinajstić information content (AvgIpc) is 2.59. The third kappa shape index (κ3) is 1.78. The Morgan fingerprint density at radius 2 is 2.12 bits per heavy atom.